The molecule has 0 heterocycles. The number of thiocarbonyl (C=S) groups is 1. The minimum Gasteiger partial charge on any atom is -0.389 e. The van der Waals surface area contributed by atoms with Crippen molar-refractivity contribution in [2.45, 2.75) is 0 Å². The lowest BCUT2D eigenvalue weighted by Crippen LogP contribution is -2.11. The molecule has 0 spiro atoms. The number of nitrogens with one attached hydrogen (secondary N) is 1. The van der Waals surface area contributed by atoms with Gasteiger partial charge in [-0.3, -0.25) is 0 Å². The maximum Gasteiger partial charge on any atom is 0.116 e. The second-order valence-electron chi connectivity index (χ2n) is 2.66. The maximum atomic E-state index is 8.68. The van der Waals surface area contributed by atoms with E-state index in [0.717, 1.165) is 0 Å². The van der Waals surface area contributed by atoms with Crippen LogP contribution in [0.15, 0.2) is 36.0 Å². The molecule has 0 fully saturated rings. The minimum absolute atomic E-state index is 0.0528. The van der Waals surface area contributed by atoms with Crippen molar-refractivity contribution in [1.82, 2.24) is 0 Å². The van der Waals surface area contributed by atoms with E-state index in [1.54, 1.807) is 12.1 Å². The number of hydrogen-bond donors (Lipinski definition) is 2. The Morgan fingerprint density at radius 2 is 2.20 bits per heavy atom. The summed E-state index contributed by atoms with van der Waals surface area (Å²) in [4.78, 5) is 0.0528. The number of rotatable bonds is 3. The van der Waals surface area contributed by atoms with Gasteiger partial charge in [-0.25, -0.2) is 0 Å². The summed E-state index contributed by atoms with van der Waals surface area (Å²) >= 11 is 10.6. The van der Waals surface area contributed by atoms with Gasteiger partial charge in [0.2, 0.25) is 0 Å². The van der Waals surface area contributed by atoms with Crippen LogP contribution in [-0.2, 0) is 0 Å². The van der Waals surface area contributed by atoms with Crippen LogP contribution < -0.4 is 11.1 Å². The molecule has 1 aromatic carbocycles. The van der Waals surface area contributed by atoms with Gasteiger partial charge in [0.25, 0.3) is 0 Å². The fourth-order valence-electron chi connectivity index (χ4n) is 0.887. The molecule has 0 radical (unpaired) electrons. The Labute approximate surface area is 98.1 Å². The molecule has 0 saturated heterocycles. The zero-order chi connectivity index (χ0) is 11.3. The molecule has 76 valence electrons. The number of anilines is 1. The molecule has 0 aromatic heterocycles. The summed E-state index contributed by atoms with van der Waals surface area (Å²) in [5.74, 6) is 0. The molecule has 0 atom stereocenters. The summed E-state index contributed by atoms with van der Waals surface area (Å²) < 4.78 is 0. The first-order valence-electron chi connectivity index (χ1n) is 4.06. The van der Waals surface area contributed by atoms with E-state index in [-0.39, 0.29) is 10.6 Å². The smallest absolute Gasteiger partial charge is 0.116 e. The Bertz CT molecular complexity index is 448. The zero-order valence-corrected chi connectivity index (χ0v) is 9.27. The van der Waals surface area contributed by atoms with Crippen molar-refractivity contribution in [3.05, 3.63) is 41.1 Å². The van der Waals surface area contributed by atoms with Crippen LogP contribution in [0.2, 0.25) is 5.02 Å². The number of halogens is 1. The Hall–Kier alpha value is -1.57. The minimum atomic E-state index is 0.0528. The van der Waals surface area contributed by atoms with E-state index in [1.165, 1.54) is 6.20 Å². The Morgan fingerprint density at radius 3 is 2.73 bits per heavy atom. The lowest BCUT2D eigenvalue weighted by atomic mass is 10.3. The standard InChI is InChI=1S/C10H8ClN3S/c11-8-3-1-2-4-9(8)14-6-7(5-12)10(13)15/h1-4,6,14H,(H2,13,15). The molecule has 0 unspecified atom stereocenters. The van der Waals surface area contributed by atoms with E-state index in [1.807, 2.05) is 18.2 Å². The lowest BCUT2D eigenvalue weighted by Gasteiger charge is -2.03. The van der Waals surface area contributed by atoms with Gasteiger partial charge in [0.05, 0.1) is 10.7 Å². The van der Waals surface area contributed by atoms with Crippen LogP contribution >= 0.6 is 23.8 Å². The molecule has 0 aliphatic rings. The van der Waals surface area contributed by atoms with E-state index in [4.69, 9.17) is 22.6 Å². The van der Waals surface area contributed by atoms with E-state index < -0.39 is 0 Å². The summed E-state index contributed by atoms with van der Waals surface area (Å²) in [5.41, 5.74) is 6.23. The SMILES string of the molecule is N#CC(=CNc1ccccc1Cl)C(N)=S. The largest absolute Gasteiger partial charge is 0.389 e. The van der Waals surface area contributed by atoms with Crippen LogP contribution in [0.1, 0.15) is 0 Å². The third-order valence-corrected chi connectivity index (χ3v) is 2.18. The second-order valence-corrected chi connectivity index (χ2v) is 3.51. The predicted molar refractivity (Wildman–Crippen MR) is 65.6 cm³/mol. The van der Waals surface area contributed by atoms with Gasteiger partial charge in [0.15, 0.2) is 0 Å². The number of nitriles is 1. The van der Waals surface area contributed by atoms with Crippen molar-refractivity contribution in [2.75, 3.05) is 5.32 Å². The van der Waals surface area contributed by atoms with Crippen molar-refractivity contribution in [2.24, 2.45) is 5.73 Å². The molecule has 0 bridgehead atoms. The van der Waals surface area contributed by atoms with Gasteiger partial charge in [0.1, 0.15) is 16.6 Å². The first-order chi connectivity index (χ1) is 7.15. The summed E-state index contributed by atoms with van der Waals surface area (Å²) in [7, 11) is 0. The van der Waals surface area contributed by atoms with Gasteiger partial charge in [-0.05, 0) is 12.1 Å². The number of nitrogens with zero attached hydrogens (tertiary/aromatic N) is 1. The number of hydrogen-bond acceptors (Lipinski definition) is 3. The quantitative estimate of drug-likeness (QED) is 0.482. The first kappa shape index (κ1) is 11.5. The molecule has 3 nitrogen and oxygen atoms in total. The van der Waals surface area contributed by atoms with E-state index in [9.17, 15) is 0 Å². The lowest BCUT2D eigenvalue weighted by molar-refractivity contribution is 1.49. The van der Waals surface area contributed by atoms with Crippen molar-refractivity contribution >= 4 is 34.5 Å². The monoisotopic (exact) mass is 237 g/mol. The van der Waals surface area contributed by atoms with Crippen molar-refractivity contribution in [3.8, 4) is 6.07 Å². The molecule has 3 N–H and O–H groups in total. The van der Waals surface area contributed by atoms with E-state index in [2.05, 4.69) is 17.5 Å². The average Bonchev–Trinajstić information content (AvgIpc) is 2.21. The second kappa shape index (κ2) is 5.35. The molecule has 15 heavy (non-hydrogen) atoms. The highest BCUT2D eigenvalue weighted by atomic mass is 35.5. The number of benzene rings is 1. The maximum absolute atomic E-state index is 8.68. The van der Waals surface area contributed by atoms with Gasteiger partial charge in [-0.15, -0.1) is 0 Å². The van der Waals surface area contributed by atoms with E-state index in [0.29, 0.717) is 10.7 Å². The van der Waals surface area contributed by atoms with Crippen molar-refractivity contribution < 1.29 is 0 Å². The summed E-state index contributed by atoms with van der Waals surface area (Å²) in [6.45, 7) is 0. The number of para-hydroxylation sites is 1. The van der Waals surface area contributed by atoms with E-state index >= 15 is 0 Å². The highest BCUT2D eigenvalue weighted by Gasteiger charge is 1.99. The van der Waals surface area contributed by atoms with Crippen LogP contribution in [0.4, 0.5) is 5.69 Å². The molecule has 0 aliphatic carbocycles. The summed E-state index contributed by atoms with van der Waals surface area (Å²) in [5, 5.41) is 12.1. The third-order valence-electron chi connectivity index (χ3n) is 1.63. The van der Waals surface area contributed by atoms with Gasteiger partial charge >= 0.3 is 0 Å². The highest BCUT2D eigenvalue weighted by molar-refractivity contribution is 7.80. The summed E-state index contributed by atoms with van der Waals surface area (Å²) in [6, 6.07) is 9.05. The fourth-order valence-corrected chi connectivity index (χ4v) is 1.18. The first-order valence-corrected chi connectivity index (χ1v) is 4.85. The topological polar surface area (TPSA) is 61.8 Å². The molecular weight excluding hydrogens is 230 g/mol. The third kappa shape index (κ3) is 3.24. The molecule has 1 rings (SSSR count). The Morgan fingerprint density at radius 1 is 1.53 bits per heavy atom. The van der Waals surface area contributed by atoms with Crippen LogP contribution in [0.3, 0.4) is 0 Å². The van der Waals surface area contributed by atoms with Crippen LogP contribution in [0.5, 0.6) is 0 Å². The van der Waals surface area contributed by atoms with Gasteiger partial charge in [-0.2, -0.15) is 5.26 Å². The molecular formula is C10H8ClN3S. The molecule has 1 aromatic rings. The van der Waals surface area contributed by atoms with Gasteiger partial charge in [-0.1, -0.05) is 36.0 Å². The van der Waals surface area contributed by atoms with Crippen LogP contribution in [0.25, 0.3) is 0 Å². The van der Waals surface area contributed by atoms with Crippen molar-refractivity contribution in [3.63, 3.8) is 0 Å². The Balaban J connectivity index is 2.85. The normalized spacial score (nSPS) is 10.5. The van der Waals surface area contributed by atoms with Crippen LogP contribution in [0, 0.1) is 11.3 Å². The molecule has 0 aliphatic heterocycles. The van der Waals surface area contributed by atoms with Crippen LogP contribution in [-0.4, -0.2) is 4.99 Å². The zero-order valence-electron chi connectivity index (χ0n) is 7.70. The average molecular weight is 238 g/mol. The highest BCUT2D eigenvalue weighted by Crippen LogP contribution is 2.20. The van der Waals surface area contributed by atoms with Crippen molar-refractivity contribution in [1.29, 1.82) is 5.26 Å². The van der Waals surface area contributed by atoms with Gasteiger partial charge in [0, 0.05) is 6.20 Å². The Kier molecular flexibility index (Phi) is 4.10. The predicted octanol–water partition coefficient (Wildman–Crippen LogP) is 2.45. The molecule has 5 heteroatoms. The fraction of sp³-hybridized carbons (Fsp3) is 0. The number of nitrogens with two attached hydrogens (primary N) is 1. The van der Waals surface area contributed by atoms with Gasteiger partial charge < -0.3 is 11.1 Å². The molecule has 0 saturated carbocycles. The molecule has 0 amide bonds. The summed E-state index contributed by atoms with van der Waals surface area (Å²) in [6.07, 6.45) is 1.43.